The van der Waals surface area contributed by atoms with Crippen LogP contribution in [-0.2, 0) is 19.3 Å². The van der Waals surface area contributed by atoms with Crippen molar-refractivity contribution in [2.45, 2.75) is 19.3 Å². The number of nitrogens with zero attached hydrogens (tertiary/aromatic N) is 1. The van der Waals surface area contributed by atoms with Gasteiger partial charge in [-0.25, -0.2) is 0 Å². The minimum Gasteiger partial charge on any atom is -0.507 e. The van der Waals surface area contributed by atoms with E-state index in [1.165, 1.54) is 16.7 Å². The molecule has 1 fully saturated rings. The molecule has 1 saturated heterocycles. The molecule has 26 heavy (non-hydrogen) atoms. The van der Waals surface area contributed by atoms with Gasteiger partial charge in [0.05, 0.1) is 4.47 Å². The second kappa shape index (κ2) is 10.7. The van der Waals surface area contributed by atoms with E-state index in [0.29, 0.717) is 5.75 Å². The highest BCUT2D eigenvalue weighted by molar-refractivity contribution is 9.10. The summed E-state index contributed by atoms with van der Waals surface area (Å²) < 4.78 is 1.85. The first-order chi connectivity index (χ1) is 12.6. The summed E-state index contributed by atoms with van der Waals surface area (Å²) in [6.07, 6.45) is 12.6. The van der Waals surface area contributed by atoms with E-state index in [4.69, 9.17) is 0 Å². The monoisotopic (exact) mass is 479 g/mol. The van der Waals surface area contributed by atoms with E-state index in [1.807, 2.05) is 12.3 Å². The molecule has 1 aliphatic heterocycles. The highest BCUT2D eigenvalue weighted by Crippen LogP contribution is 2.34. The molecule has 138 valence electrons. The molecule has 0 radical (unpaired) electrons. The Hall–Kier alpha value is -1.39. The number of aromatic nitrogens is 1. The normalized spacial score (nSPS) is 15.1. The molecular formula is C20H23Br2N3O. The number of aromatic hydroxyl groups is 1. The maximum atomic E-state index is 9.76. The van der Waals surface area contributed by atoms with Crippen molar-refractivity contribution in [3.8, 4) is 18.6 Å². The van der Waals surface area contributed by atoms with Crippen LogP contribution in [0.25, 0.3) is 0 Å². The maximum Gasteiger partial charge on any atom is 0.130 e. The Morgan fingerprint density at radius 3 is 2.23 bits per heavy atom. The molecule has 2 aromatic rings. The molecule has 1 aliphatic carbocycles. The molecule has 0 saturated carbocycles. The third-order valence-corrected chi connectivity index (χ3v) is 5.62. The summed E-state index contributed by atoms with van der Waals surface area (Å²) in [6.45, 7) is 4.56. The molecular weight excluding hydrogens is 458 g/mol. The van der Waals surface area contributed by atoms with Crippen LogP contribution in [0, 0.1) is 12.8 Å². The van der Waals surface area contributed by atoms with Crippen molar-refractivity contribution in [1.29, 1.82) is 0 Å². The minimum absolute atomic E-state index is 0.314. The van der Waals surface area contributed by atoms with Crippen LogP contribution < -0.4 is 10.6 Å². The smallest absolute Gasteiger partial charge is 0.130 e. The van der Waals surface area contributed by atoms with Crippen LogP contribution in [0.4, 0.5) is 0 Å². The average molecular weight is 481 g/mol. The van der Waals surface area contributed by atoms with Crippen LogP contribution in [0.15, 0.2) is 33.3 Å². The van der Waals surface area contributed by atoms with E-state index in [0.717, 1.165) is 60.1 Å². The molecule has 0 atom stereocenters. The van der Waals surface area contributed by atoms with Gasteiger partial charge >= 0.3 is 0 Å². The number of terminal acetylenes is 1. The summed E-state index contributed by atoms with van der Waals surface area (Å²) in [5.41, 5.74) is 4.86. The Morgan fingerprint density at radius 1 is 0.962 bits per heavy atom. The second-order valence-electron chi connectivity index (χ2n) is 5.97. The highest BCUT2D eigenvalue weighted by atomic mass is 79.9. The molecule has 2 aliphatic rings. The largest absolute Gasteiger partial charge is 0.507 e. The van der Waals surface area contributed by atoms with Crippen LogP contribution in [0.5, 0.6) is 5.75 Å². The Labute approximate surface area is 172 Å². The number of phenols is 1. The van der Waals surface area contributed by atoms with E-state index in [2.05, 4.69) is 66.4 Å². The fraction of sp³-hybridized carbons (Fsp3) is 0.350. The van der Waals surface area contributed by atoms with Gasteiger partial charge < -0.3 is 15.7 Å². The summed E-state index contributed by atoms with van der Waals surface area (Å²) in [5, 5.41) is 16.2. The fourth-order valence-corrected chi connectivity index (χ4v) is 3.98. The number of nitrogens with one attached hydrogen (secondary N) is 2. The van der Waals surface area contributed by atoms with Crippen LogP contribution in [0.3, 0.4) is 0 Å². The number of aryl methyl sites for hydroxylation is 1. The number of hydrogen-bond acceptors (Lipinski definition) is 4. The van der Waals surface area contributed by atoms with Gasteiger partial charge in [0.2, 0.25) is 0 Å². The number of halogens is 2. The second-order valence-corrected chi connectivity index (χ2v) is 7.68. The Kier molecular flexibility index (Phi) is 8.60. The molecule has 0 spiro atoms. The molecule has 4 nitrogen and oxygen atoms in total. The summed E-state index contributed by atoms with van der Waals surface area (Å²) in [6, 6.07) is 5.88. The number of fused-ring (bicyclic) bond motifs is 2. The maximum absolute atomic E-state index is 9.76. The van der Waals surface area contributed by atoms with Crippen molar-refractivity contribution in [3.05, 3.63) is 55.7 Å². The van der Waals surface area contributed by atoms with E-state index in [-0.39, 0.29) is 0 Å². The molecule has 1 aromatic heterocycles. The lowest BCUT2D eigenvalue weighted by molar-refractivity contribution is 0.470. The third kappa shape index (κ3) is 5.55. The summed E-state index contributed by atoms with van der Waals surface area (Å²) >= 11 is 6.95. The highest BCUT2D eigenvalue weighted by Gasteiger charge is 2.18. The predicted molar refractivity (Wildman–Crippen MR) is 114 cm³/mol. The number of piperazine rings is 1. The van der Waals surface area contributed by atoms with Crippen molar-refractivity contribution in [2.24, 2.45) is 0 Å². The molecule has 6 heteroatoms. The van der Waals surface area contributed by atoms with Crippen LogP contribution in [-0.4, -0.2) is 36.3 Å². The lowest BCUT2D eigenvalue weighted by atomic mass is 10.0. The molecule has 0 unspecified atom stereocenters. The van der Waals surface area contributed by atoms with Gasteiger partial charge in [0.15, 0.2) is 0 Å². The van der Waals surface area contributed by atoms with Crippen LogP contribution in [0.1, 0.15) is 22.4 Å². The number of rotatable bonds is 0. The zero-order chi connectivity index (χ0) is 18.9. The molecule has 0 amide bonds. The first-order valence-electron chi connectivity index (χ1n) is 8.52. The Bertz CT molecular complexity index is 747. The minimum atomic E-state index is 0.314. The third-order valence-electron chi connectivity index (χ3n) is 4.31. The molecule has 0 bridgehead atoms. The lowest BCUT2D eigenvalue weighted by Crippen LogP contribution is -2.39. The standard InChI is InChI=1S/C14H11Br2NO.C4H10N2.C2H2/c15-10-5-9-1-3-11-8(6-12(9)17-7-10)2-4-13(18)14(11)16;1-2-6-4-3-5-1;1-2/h2,4-5,7,18H,1,3,6H2;5-6H,1-4H2;1-2H. The van der Waals surface area contributed by atoms with Gasteiger partial charge in [0, 0.05) is 49.0 Å². The topological polar surface area (TPSA) is 57.2 Å². The van der Waals surface area contributed by atoms with Gasteiger partial charge in [-0.05, 0) is 73.5 Å². The Balaban J connectivity index is 0.000000256. The summed E-state index contributed by atoms with van der Waals surface area (Å²) in [4.78, 5) is 4.51. The first kappa shape index (κ1) is 20.9. The van der Waals surface area contributed by atoms with Gasteiger partial charge in [-0.3, -0.25) is 4.98 Å². The van der Waals surface area contributed by atoms with Crippen molar-refractivity contribution in [3.63, 3.8) is 0 Å². The van der Waals surface area contributed by atoms with Gasteiger partial charge in [-0.2, -0.15) is 0 Å². The van der Waals surface area contributed by atoms with E-state index in [1.54, 1.807) is 6.07 Å². The molecule has 1 aromatic carbocycles. The average Bonchev–Trinajstić information content (AvgIpc) is 2.88. The van der Waals surface area contributed by atoms with Crippen molar-refractivity contribution >= 4 is 31.9 Å². The first-order valence-corrected chi connectivity index (χ1v) is 10.1. The quantitative estimate of drug-likeness (QED) is 0.505. The zero-order valence-electron chi connectivity index (χ0n) is 14.6. The lowest BCUT2D eigenvalue weighted by Gasteiger charge is -2.11. The van der Waals surface area contributed by atoms with Crippen LogP contribution >= 0.6 is 31.9 Å². The number of phenolic OH excluding ortho intramolecular Hbond substituents is 1. The van der Waals surface area contributed by atoms with Crippen molar-refractivity contribution in [2.75, 3.05) is 26.2 Å². The van der Waals surface area contributed by atoms with Crippen molar-refractivity contribution < 1.29 is 5.11 Å². The van der Waals surface area contributed by atoms with Gasteiger partial charge in [0.1, 0.15) is 5.75 Å². The summed E-state index contributed by atoms with van der Waals surface area (Å²) in [5.74, 6) is 0.314. The number of benzene rings is 1. The molecule has 2 heterocycles. The SMILES string of the molecule is C#C.C1CNCCN1.Oc1ccc2c(c1Br)CCc1cc(Br)cnc1C2. The van der Waals surface area contributed by atoms with Crippen LogP contribution in [0.2, 0.25) is 0 Å². The molecule has 4 rings (SSSR count). The van der Waals surface area contributed by atoms with E-state index >= 15 is 0 Å². The predicted octanol–water partition coefficient (Wildman–Crippen LogP) is 3.43. The fourth-order valence-electron chi connectivity index (χ4n) is 3.01. The number of hydrogen-bond donors (Lipinski definition) is 3. The number of pyridine rings is 1. The molecule has 3 N–H and O–H groups in total. The van der Waals surface area contributed by atoms with E-state index in [9.17, 15) is 5.11 Å². The van der Waals surface area contributed by atoms with Gasteiger partial charge in [0.25, 0.3) is 0 Å². The van der Waals surface area contributed by atoms with Gasteiger partial charge in [-0.1, -0.05) is 6.07 Å². The zero-order valence-corrected chi connectivity index (χ0v) is 17.7. The summed E-state index contributed by atoms with van der Waals surface area (Å²) in [7, 11) is 0. The Morgan fingerprint density at radius 2 is 1.62 bits per heavy atom. The van der Waals surface area contributed by atoms with E-state index < -0.39 is 0 Å². The van der Waals surface area contributed by atoms with Gasteiger partial charge in [-0.15, -0.1) is 12.8 Å². The van der Waals surface area contributed by atoms with Crippen molar-refractivity contribution in [1.82, 2.24) is 15.6 Å².